The van der Waals surface area contributed by atoms with Crippen LogP contribution in [0.25, 0.3) is 0 Å². The summed E-state index contributed by atoms with van der Waals surface area (Å²) in [6, 6.07) is 0. The number of nitrogens with one attached hydrogen (secondary N) is 1. The predicted octanol–water partition coefficient (Wildman–Crippen LogP) is 0.169. The molecule has 1 unspecified atom stereocenters. The van der Waals surface area contributed by atoms with Gasteiger partial charge in [-0.05, 0) is 0 Å². The summed E-state index contributed by atoms with van der Waals surface area (Å²) in [5, 5.41) is 2.50. The van der Waals surface area contributed by atoms with E-state index in [1.807, 2.05) is 6.29 Å². The van der Waals surface area contributed by atoms with Gasteiger partial charge in [0, 0.05) is 12.3 Å². The topological polar surface area (TPSA) is 46.2 Å². The number of hydrogen-bond acceptors (Lipinski definition) is 3. The number of carbonyl (C=O) groups is 1. The summed E-state index contributed by atoms with van der Waals surface area (Å²) >= 11 is 1.14. The van der Waals surface area contributed by atoms with Gasteiger partial charge in [-0.3, -0.25) is 9.59 Å². The van der Waals surface area contributed by atoms with E-state index < -0.39 is 0 Å². The number of carbonyl (C=O) groups excluding carboxylic acids is 2. The van der Waals surface area contributed by atoms with Crippen LogP contribution in [0, 0.1) is 5.92 Å². The standard InChI is InChI=1S/C5H6NO2S/c7-2-4-1-6-5(8)9-3-4/h4H,1,3H2,(H,6,8). The summed E-state index contributed by atoms with van der Waals surface area (Å²) < 4.78 is 0. The van der Waals surface area contributed by atoms with Crippen LogP contribution in [-0.2, 0) is 4.79 Å². The van der Waals surface area contributed by atoms with E-state index in [2.05, 4.69) is 5.32 Å². The molecule has 1 rings (SSSR count). The summed E-state index contributed by atoms with van der Waals surface area (Å²) in [5.74, 6) is 0.475. The van der Waals surface area contributed by atoms with Gasteiger partial charge in [0.25, 0.3) is 5.24 Å². The van der Waals surface area contributed by atoms with Crippen molar-refractivity contribution in [1.82, 2.24) is 5.32 Å². The Hall–Kier alpha value is -0.510. The minimum absolute atomic E-state index is 0.0403. The summed E-state index contributed by atoms with van der Waals surface area (Å²) in [5.41, 5.74) is 0. The van der Waals surface area contributed by atoms with E-state index in [1.54, 1.807) is 0 Å². The summed E-state index contributed by atoms with van der Waals surface area (Å²) in [7, 11) is 0. The fraction of sp³-hybridized carbons (Fsp3) is 0.600. The molecule has 1 heterocycles. The molecule has 1 amide bonds. The average molecular weight is 144 g/mol. The van der Waals surface area contributed by atoms with Crippen molar-refractivity contribution in [2.45, 2.75) is 0 Å². The first-order valence-electron chi connectivity index (χ1n) is 2.61. The van der Waals surface area contributed by atoms with E-state index in [0.717, 1.165) is 11.8 Å². The van der Waals surface area contributed by atoms with Crippen LogP contribution in [-0.4, -0.2) is 23.8 Å². The molecule has 0 aliphatic carbocycles. The molecule has 0 spiro atoms. The largest absolute Gasteiger partial charge is 0.346 e. The van der Waals surface area contributed by atoms with Gasteiger partial charge in [-0.15, -0.1) is 0 Å². The lowest BCUT2D eigenvalue weighted by Crippen LogP contribution is -2.33. The molecule has 3 nitrogen and oxygen atoms in total. The van der Waals surface area contributed by atoms with Crippen LogP contribution >= 0.6 is 11.8 Å². The number of rotatable bonds is 1. The molecule has 1 aliphatic rings. The lowest BCUT2D eigenvalue weighted by molar-refractivity contribution is 0.259. The fourth-order valence-corrected chi connectivity index (χ4v) is 1.29. The third kappa shape index (κ3) is 1.71. The lowest BCUT2D eigenvalue weighted by Gasteiger charge is -2.14. The predicted molar refractivity (Wildman–Crippen MR) is 35.0 cm³/mol. The highest BCUT2D eigenvalue weighted by molar-refractivity contribution is 8.13. The van der Waals surface area contributed by atoms with E-state index in [1.165, 1.54) is 0 Å². The Morgan fingerprint density at radius 3 is 3.00 bits per heavy atom. The maximum atomic E-state index is 10.4. The first-order chi connectivity index (χ1) is 4.33. The molecule has 1 fully saturated rings. The summed E-state index contributed by atoms with van der Waals surface area (Å²) in [4.78, 5) is 20.4. The number of thioether (sulfide) groups is 1. The van der Waals surface area contributed by atoms with Gasteiger partial charge in [0.2, 0.25) is 6.29 Å². The molecule has 0 bridgehead atoms. The maximum absolute atomic E-state index is 10.4. The zero-order chi connectivity index (χ0) is 6.69. The molecule has 1 atom stereocenters. The van der Waals surface area contributed by atoms with Crippen molar-refractivity contribution in [3.05, 3.63) is 0 Å². The Morgan fingerprint density at radius 1 is 1.78 bits per heavy atom. The molecule has 9 heavy (non-hydrogen) atoms. The van der Waals surface area contributed by atoms with Crippen LogP contribution in [0.5, 0.6) is 0 Å². The van der Waals surface area contributed by atoms with Crippen LogP contribution in [0.1, 0.15) is 0 Å². The van der Waals surface area contributed by atoms with Crippen molar-refractivity contribution < 1.29 is 9.59 Å². The molecule has 1 N–H and O–H groups in total. The molecule has 0 saturated carbocycles. The molecule has 1 saturated heterocycles. The minimum Gasteiger partial charge on any atom is -0.346 e. The van der Waals surface area contributed by atoms with Crippen LogP contribution in [0.15, 0.2) is 0 Å². The van der Waals surface area contributed by atoms with Gasteiger partial charge >= 0.3 is 0 Å². The van der Waals surface area contributed by atoms with Gasteiger partial charge in [-0.2, -0.15) is 0 Å². The van der Waals surface area contributed by atoms with Crippen LogP contribution in [0.4, 0.5) is 4.79 Å². The number of amides is 1. The molecule has 1 aliphatic heterocycles. The molecule has 0 aromatic carbocycles. The molecular weight excluding hydrogens is 138 g/mol. The Kier molecular flexibility index (Phi) is 2.10. The van der Waals surface area contributed by atoms with Crippen LogP contribution in [0.2, 0.25) is 0 Å². The molecule has 0 aromatic rings. The van der Waals surface area contributed by atoms with Gasteiger partial charge in [0.15, 0.2) is 0 Å². The van der Waals surface area contributed by atoms with Crippen molar-refractivity contribution in [3.63, 3.8) is 0 Å². The van der Waals surface area contributed by atoms with E-state index >= 15 is 0 Å². The molecule has 49 valence electrons. The van der Waals surface area contributed by atoms with E-state index in [4.69, 9.17) is 0 Å². The van der Waals surface area contributed by atoms with Crippen molar-refractivity contribution in [3.8, 4) is 0 Å². The minimum atomic E-state index is -0.104. The monoisotopic (exact) mass is 144 g/mol. The highest BCUT2D eigenvalue weighted by Crippen LogP contribution is 2.11. The molecular formula is C5H6NO2S. The third-order valence-electron chi connectivity index (χ3n) is 1.08. The van der Waals surface area contributed by atoms with Crippen LogP contribution < -0.4 is 5.32 Å². The Bertz CT molecular complexity index is 127. The Morgan fingerprint density at radius 2 is 2.56 bits per heavy atom. The van der Waals surface area contributed by atoms with Gasteiger partial charge in [-0.1, -0.05) is 11.8 Å². The van der Waals surface area contributed by atoms with Crippen molar-refractivity contribution in [1.29, 1.82) is 0 Å². The van der Waals surface area contributed by atoms with Gasteiger partial charge in [-0.25, -0.2) is 0 Å². The highest BCUT2D eigenvalue weighted by atomic mass is 32.2. The highest BCUT2D eigenvalue weighted by Gasteiger charge is 2.17. The van der Waals surface area contributed by atoms with Crippen molar-refractivity contribution >= 4 is 23.3 Å². The van der Waals surface area contributed by atoms with Gasteiger partial charge in [0.1, 0.15) is 0 Å². The molecule has 1 radical (unpaired) electrons. The molecule has 4 heteroatoms. The second-order valence-electron chi connectivity index (χ2n) is 1.79. The normalized spacial score (nSPS) is 27.1. The molecule has 0 aromatic heterocycles. The van der Waals surface area contributed by atoms with E-state index in [-0.39, 0.29) is 11.2 Å². The van der Waals surface area contributed by atoms with Crippen molar-refractivity contribution in [2.75, 3.05) is 12.3 Å². The lowest BCUT2D eigenvalue weighted by atomic mass is 10.2. The second-order valence-corrected chi connectivity index (χ2v) is 2.79. The quantitative estimate of drug-likeness (QED) is 0.570. The smallest absolute Gasteiger partial charge is 0.279 e. The van der Waals surface area contributed by atoms with E-state index in [0.29, 0.717) is 12.3 Å². The van der Waals surface area contributed by atoms with Gasteiger partial charge < -0.3 is 5.32 Å². The zero-order valence-electron chi connectivity index (χ0n) is 4.72. The first kappa shape index (κ1) is 6.61. The van der Waals surface area contributed by atoms with Crippen molar-refractivity contribution in [2.24, 2.45) is 5.92 Å². The fourth-order valence-electron chi connectivity index (χ4n) is 0.568. The van der Waals surface area contributed by atoms with Gasteiger partial charge in [0.05, 0.1) is 5.92 Å². The Balaban J connectivity index is 2.34. The van der Waals surface area contributed by atoms with E-state index in [9.17, 15) is 9.59 Å². The Labute approximate surface area is 57.2 Å². The zero-order valence-corrected chi connectivity index (χ0v) is 5.53. The SMILES string of the molecule is O=[C]C1CNC(=O)SC1. The average Bonchev–Trinajstić information content (AvgIpc) is 1.90. The maximum Gasteiger partial charge on any atom is 0.279 e. The summed E-state index contributed by atoms with van der Waals surface area (Å²) in [6.07, 6.45) is 1.84. The first-order valence-corrected chi connectivity index (χ1v) is 3.60. The third-order valence-corrected chi connectivity index (χ3v) is 2.05. The second kappa shape index (κ2) is 2.87. The number of hydrogen-bond donors (Lipinski definition) is 1. The van der Waals surface area contributed by atoms with Crippen LogP contribution in [0.3, 0.4) is 0 Å². The summed E-state index contributed by atoms with van der Waals surface area (Å²) in [6.45, 7) is 0.454.